The van der Waals surface area contributed by atoms with Gasteiger partial charge < -0.3 is 15.6 Å². The molecule has 12 nitrogen and oxygen atoms in total. The molecule has 1 atom stereocenters. The van der Waals surface area contributed by atoms with Crippen LogP contribution in [0.15, 0.2) is 64.4 Å². The normalized spacial score (nSPS) is 11.6. The van der Waals surface area contributed by atoms with Gasteiger partial charge in [-0.25, -0.2) is 9.97 Å². The number of nitrogens with zero attached hydrogens (tertiary/aromatic N) is 7. The molecule has 4 aromatic heterocycles. The van der Waals surface area contributed by atoms with Crippen LogP contribution in [0.3, 0.4) is 0 Å². The summed E-state index contributed by atoms with van der Waals surface area (Å²) in [5.41, 5.74) is 6.64. The van der Waals surface area contributed by atoms with Gasteiger partial charge in [-0.05, 0) is 25.0 Å². The topological polar surface area (TPSA) is 160 Å². The minimum Gasteiger partial charge on any atom is -0.382 e. The van der Waals surface area contributed by atoms with Crippen molar-refractivity contribution in [3.05, 3.63) is 88.2 Å². The molecule has 1 unspecified atom stereocenters. The van der Waals surface area contributed by atoms with Crippen molar-refractivity contribution in [2.75, 3.05) is 5.73 Å². The van der Waals surface area contributed by atoms with Gasteiger partial charge in [0.1, 0.15) is 11.2 Å². The minimum atomic E-state index is -0.744. The van der Waals surface area contributed by atoms with Gasteiger partial charge >= 0.3 is 0 Å². The van der Waals surface area contributed by atoms with E-state index in [4.69, 9.17) is 10.3 Å². The van der Waals surface area contributed by atoms with Crippen molar-refractivity contribution in [3.8, 4) is 17.5 Å². The molecule has 0 saturated heterocycles. The first kappa shape index (κ1) is 22.5. The number of amides is 1. The molecule has 5 rings (SSSR count). The number of fused-ring (bicyclic) bond motifs is 1. The van der Waals surface area contributed by atoms with Gasteiger partial charge in [0.05, 0.1) is 23.5 Å². The molecule has 12 heteroatoms. The summed E-state index contributed by atoms with van der Waals surface area (Å²) in [7, 11) is 1.78. The molecule has 0 bridgehead atoms. The molecular weight excluding hydrogens is 462 g/mol. The van der Waals surface area contributed by atoms with Gasteiger partial charge in [0, 0.05) is 25.6 Å². The standard InChI is InChI=1S/C24H19N9O3/c1-14(29-22(34)19-20(25)27-11-10-26-19)21-30-23-18(24(35)33(21)16-6-4-3-5-7-16)17(31-36-23)9-8-15-12-28-32(2)13-15/h3-7,10-14H,1-2H3,(H2,25,27)(H,29,34). The molecule has 36 heavy (non-hydrogen) atoms. The van der Waals surface area contributed by atoms with E-state index in [0.29, 0.717) is 11.3 Å². The maximum absolute atomic E-state index is 13.7. The molecule has 3 N–H and O–H groups in total. The first-order valence-electron chi connectivity index (χ1n) is 10.8. The van der Waals surface area contributed by atoms with Crippen molar-refractivity contribution in [3.63, 3.8) is 0 Å². The zero-order valence-electron chi connectivity index (χ0n) is 19.2. The first-order chi connectivity index (χ1) is 17.4. The number of para-hydroxylation sites is 1. The van der Waals surface area contributed by atoms with Crippen molar-refractivity contribution in [1.82, 2.24) is 39.8 Å². The van der Waals surface area contributed by atoms with E-state index < -0.39 is 17.5 Å². The lowest BCUT2D eigenvalue weighted by atomic mass is 10.2. The third-order valence-corrected chi connectivity index (χ3v) is 5.26. The summed E-state index contributed by atoms with van der Waals surface area (Å²) >= 11 is 0. The number of nitrogens with one attached hydrogen (secondary N) is 1. The van der Waals surface area contributed by atoms with Crippen LogP contribution in [0.2, 0.25) is 0 Å². The van der Waals surface area contributed by atoms with Gasteiger partial charge in [-0.15, -0.1) is 0 Å². The molecule has 0 aliphatic heterocycles. The van der Waals surface area contributed by atoms with Crippen molar-refractivity contribution in [2.24, 2.45) is 7.05 Å². The zero-order valence-corrected chi connectivity index (χ0v) is 19.2. The predicted octanol–water partition coefficient (Wildman–Crippen LogP) is 1.37. The van der Waals surface area contributed by atoms with Crippen LogP contribution in [0.4, 0.5) is 5.82 Å². The molecule has 0 saturated carbocycles. The summed E-state index contributed by atoms with van der Waals surface area (Å²) in [6.07, 6.45) is 6.09. The summed E-state index contributed by atoms with van der Waals surface area (Å²) in [6.45, 7) is 1.68. The number of nitrogens with two attached hydrogens (primary N) is 1. The highest BCUT2D eigenvalue weighted by molar-refractivity contribution is 5.96. The highest BCUT2D eigenvalue weighted by Crippen LogP contribution is 2.20. The number of aromatic nitrogens is 7. The summed E-state index contributed by atoms with van der Waals surface area (Å²) in [6, 6.07) is 8.16. The van der Waals surface area contributed by atoms with Crippen molar-refractivity contribution in [2.45, 2.75) is 13.0 Å². The zero-order chi connectivity index (χ0) is 25.2. The number of aryl methyl sites for hydroxylation is 1. The molecule has 0 radical (unpaired) electrons. The van der Waals surface area contributed by atoms with E-state index in [1.54, 1.807) is 55.3 Å². The lowest BCUT2D eigenvalue weighted by molar-refractivity contribution is 0.0933. The van der Waals surface area contributed by atoms with Gasteiger partial charge in [-0.3, -0.25) is 18.8 Å². The molecular formula is C24H19N9O3. The van der Waals surface area contributed by atoms with Crippen LogP contribution in [0.25, 0.3) is 16.8 Å². The van der Waals surface area contributed by atoms with Crippen LogP contribution in [-0.4, -0.2) is 40.4 Å². The summed E-state index contributed by atoms with van der Waals surface area (Å²) in [5, 5.41) is 10.9. The van der Waals surface area contributed by atoms with Gasteiger partial charge in [-0.1, -0.05) is 29.3 Å². The Balaban J connectivity index is 1.62. The number of benzene rings is 1. The summed E-state index contributed by atoms with van der Waals surface area (Å²) in [4.78, 5) is 38.9. The average Bonchev–Trinajstić information content (AvgIpc) is 3.49. The summed E-state index contributed by atoms with van der Waals surface area (Å²) < 4.78 is 8.37. The van der Waals surface area contributed by atoms with Crippen LogP contribution >= 0.6 is 0 Å². The Morgan fingerprint density at radius 2 is 1.94 bits per heavy atom. The average molecular weight is 481 g/mol. The smallest absolute Gasteiger partial charge is 0.274 e. The van der Waals surface area contributed by atoms with Crippen LogP contribution in [0.5, 0.6) is 0 Å². The fraction of sp³-hybridized carbons (Fsp3) is 0.125. The number of hydrogen-bond donors (Lipinski definition) is 2. The fourth-order valence-corrected chi connectivity index (χ4v) is 3.59. The van der Waals surface area contributed by atoms with Gasteiger partial charge in [0.2, 0.25) is 0 Å². The minimum absolute atomic E-state index is 0.00205. The van der Waals surface area contributed by atoms with E-state index in [0.717, 1.165) is 0 Å². The van der Waals surface area contributed by atoms with Gasteiger partial charge in [0.15, 0.2) is 17.2 Å². The molecule has 0 aliphatic carbocycles. The van der Waals surface area contributed by atoms with Crippen LogP contribution in [0.1, 0.15) is 40.5 Å². The number of anilines is 1. The lowest BCUT2D eigenvalue weighted by Gasteiger charge is -2.18. The maximum atomic E-state index is 13.7. The molecule has 1 aromatic carbocycles. The number of carbonyl (C=O) groups excluding carboxylic acids is 1. The van der Waals surface area contributed by atoms with E-state index in [-0.39, 0.29) is 34.1 Å². The number of nitrogen functional groups attached to an aromatic ring is 1. The van der Waals surface area contributed by atoms with E-state index in [9.17, 15) is 9.59 Å². The van der Waals surface area contributed by atoms with E-state index >= 15 is 0 Å². The quantitative estimate of drug-likeness (QED) is 0.361. The van der Waals surface area contributed by atoms with Crippen LogP contribution in [-0.2, 0) is 7.05 Å². The third-order valence-electron chi connectivity index (χ3n) is 5.26. The van der Waals surface area contributed by atoms with Gasteiger partial charge in [-0.2, -0.15) is 10.1 Å². The second-order valence-electron chi connectivity index (χ2n) is 7.80. The number of rotatable bonds is 4. The Morgan fingerprint density at radius 1 is 1.17 bits per heavy atom. The summed E-state index contributed by atoms with van der Waals surface area (Å²) in [5.74, 6) is 5.42. The molecule has 0 spiro atoms. The van der Waals surface area contributed by atoms with Crippen LogP contribution in [0, 0.1) is 11.8 Å². The first-order valence-corrected chi connectivity index (χ1v) is 10.8. The van der Waals surface area contributed by atoms with Crippen LogP contribution < -0.4 is 16.6 Å². The Hall–Kier alpha value is -5.31. The number of carbonyl (C=O) groups is 1. The SMILES string of the molecule is CC(NC(=O)c1nccnc1N)c1nc2onc(C#Cc3cnn(C)c3)c2c(=O)n1-c1ccccc1. The lowest BCUT2D eigenvalue weighted by Crippen LogP contribution is -2.34. The number of hydrogen-bond acceptors (Lipinski definition) is 9. The molecule has 178 valence electrons. The Morgan fingerprint density at radius 3 is 2.67 bits per heavy atom. The van der Waals surface area contributed by atoms with E-state index in [1.165, 1.54) is 17.0 Å². The highest BCUT2D eigenvalue weighted by atomic mass is 16.5. The fourth-order valence-electron chi connectivity index (χ4n) is 3.59. The van der Waals surface area contributed by atoms with Gasteiger partial charge in [0.25, 0.3) is 17.2 Å². The Bertz CT molecular complexity index is 1710. The second kappa shape index (κ2) is 9.15. The van der Waals surface area contributed by atoms with E-state index in [2.05, 4.69) is 42.4 Å². The van der Waals surface area contributed by atoms with Crippen molar-refractivity contribution >= 4 is 22.8 Å². The highest BCUT2D eigenvalue weighted by Gasteiger charge is 2.24. The molecule has 4 heterocycles. The Labute approximate surface area is 203 Å². The molecule has 5 aromatic rings. The molecule has 0 aliphatic rings. The molecule has 0 fully saturated rings. The molecule has 1 amide bonds. The maximum Gasteiger partial charge on any atom is 0.274 e. The largest absolute Gasteiger partial charge is 0.382 e. The second-order valence-corrected chi connectivity index (χ2v) is 7.80. The third kappa shape index (κ3) is 4.16. The van der Waals surface area contributed by atoms with Crippen molar-refractivity contribution in [1.29, 1.82) is 0 Å². The van der Waals surface area contributed by atoms with Crippen molar-refractivity contribution < 1.29 is 9.32 Å². The monoisotopic (exact) mass is 481 g/mol. The predicted molar refractivity (Wildman–Crippen MR) is 129 cm³/mol. The Kier molecular flexibility index (Phi) is 5.71. The van der Waals surface area contributed by atoms with E-state index in [1.807, 2.05) is 6.07 Å².